The van der Waals surface area contributed by atoms with E-state index in [9.17, 15) is 4.79 Å². The Labute approximate surface area is 141 Å². The highest BCUT2D eigenvalue weighted by molar-refractivity contribution is 5.94. The molecule has 2 aromatic heterocycles. The maximum Gasteiger partial charge on any atom is 0.272 e. The average molecular weight is 330 g/mol. The molecule has 0 saturated carbocycles. The molecular weight excluding hydrogens is 308 g/mol. The SMILES string of the molecule is COc1ccncc1CNC(=O)c1nn(C)c2c1C[C@H](C)O[C@@H]2C. The van der Waals surface area contributed by atoms with Gasteiger partial charge >= 0.3 is 0 Å². The van der Waals surface area contributed by atoms with Crippen LogP contribution in [0.3, 0.4) is 0 Å². The summed E-state index contributed by atoms with van der Waals surface area (Å²) in [6.07, 6.45) is 4.03. The molecule has 0 bridgehead atoms. The van der Waals surface area contributed by atoms with Crippen LogP contribution in [0.15, 0.2) is 18.5 Å². The fourth-order valence-corrected chi connectivity index (χ4v) is 3.23. The topological polar surface area (TPSA) is 78.3 Å². The van der Waals surface area contributed by atoms with Gasteiger partial charge < -0.3 is 14.8 Å². The zero-order chi connectivity index (χ0) is 17.3. The van der Waals surface area contributed by atoms with Crippen molar-refractivity contribution in [2.24, 2.45) is 7.05 Å². The standard InChI is InChI=1S/C17H22N4O3/c1-10-7-13-15(20-21(3)16(13)11(2)24-10)17(22)19-9-12-8-18-6-5-14(12)23-4/h5-6,8,10-11H,7,9H2,1-4H3,(H,19,22)/t10-,11+/m0/s1. The first-order chi connectivity index (χ1) is 11.5. The van der Waals surface area contributed by atoms with Gasteiger partial charge in [0.25, 0.3) is 5.91 Å². The summed E-state index contributed by atoms with van der Waals surface area (Å²) in [6.45, 7) is 4.33. The van der Waals surface area contributed by atoms with Crippen LogP contribution in [0.25, 0.3) is 0 Å². The van der Waals surface area contributed by atoms with E-state index < -0.39 is 0 Å². The van der Waals surface area contributed by atoms with Crippen LogP contribution in [0.2, 0.25) is 0 Å². The van der Waals surface area contributed by atoms with E-state index in [2.05, 4.69) is 15.4 Å². The summed E-state index contributed by atoms with van der Waals surface area (Å²) >= 11 is 0. The van der Waals surface area contributed by atoms with Gasteiger partial charge in [0.15, 0.2) is 5.69 Å². The molecule has 0 saturated heterocycles. The zero-order valence-electron chi connectivity index (χ0n) is 14.4. The second-order valence-corrected chi connectivity index (χ2v) is 6.00. The van der Waals surface area contributed by atoms with Crippen molar-refractivity contribution in [1.82, 2.24) is 20.1 Å². The molecular formula is C17H22N4O3. The van der Waals surface area contributed by atoms with E-state index >= 15 is 0 Å². The quantitative estimate of drug-likeness (QED) is 0.924. The Kier molecular flexibility index (Phi) is 4.53. The van der Waals surface area contributed by atoms with Gasteiger partial charge in [-0.1, -0.05) is 0 Å². The molecule has 0 unspecified atom stereocenters. The van der Waals surface area contributed by atoms with Crippen molar-refractivity contribution in [2.75, 3.05) is 7.11 Å². The number of pyridine rings is 1. The van der Waals surface area contributed by atoms with Crippen molar-refractivity contribution in [3.63, 3.8) is 0 Å². The predicted octanol–water partition coefficient (Wildman–Crippen LogP) is 1.78. The molecule has 3 heterocycles. The van der Waals surface area contributed by atoms with E-state index in [1.54, 1.807) is 30.3 Å². The lowest BCUT2D eigenvalue weighted by molar-refractivity contribution is -0.00903. The molecule has 1 amide bonds. The molecule has 24 heavy (non-hydrogen) atoms. The molecule has 7 heteroatoms. The molecule has 0 radical (unpaired) electrons. The van der Waals surface area contributed by atoms with E-state index in [-0.39, 0.29) is 18.1 Å². The fourth-order valence-electron chi connectivity index (χ4n) is 3.23. The number of aryl methyl sites for hydroxylation is 1. The number of carbonyl (C=O) groups is 1. The van der Waals surface area contributed by atoms with Gasteiger partial charge in [-0.15, -0.1) is 0 Å². The second-order valence-electron chi connectivity index (χ2n) is 6.00. The third kappa shape index (κ3) is 2.99. The van der Waals surface area contributed by atoms with Crippen LogP contribution in [-0.2, 0) is 24.8 Å². The van der Waals surface area contributed by atoms with Gasteiger partial charge in [0, 0.05) is 43.5 Å². The number of carbonyl (C=O) groups excluding carboxylic acids is 1. The van der Waals surface area contributed by atoms with E-state index in [4.69, 9.17) is 9.47 Å². The van der Waals surface area contributed by atoms with E-state index in [1.807, 2.05) is 20.9 Å². The molecule has 0 fully saturated rings. The van der Waals surface area contributed by atoms with Crippen LogP contribution in [0, 0.1) is 0 Å². The Morgan fingerprint density at radius 2 is 2.29 bits per heavy atom. The second kappa shape index (κ2) is 6.60. The molecule has 2 atom stereocenters. The Hall–Kier alpha value is -2.41. The minimum Gasteiger partial charge on any atom is -0.496 e. The number of methoxy groups -OCH3 is 1. The largest absolute Gasteiger partial charge is 0.496 e. The first-order valence-corrected chi connectivity index (χ1v) is 7.97. The Morgan fingerprint density at radius 1 is 1.50 bits per heavy atom. The number of fused-ring (bicyclic) bond motifs is 1. The molecule has 7 nitrogen and oxygen atoms in total. The number of hydrogen-bond donors (Lipinski definition) is 1. The average Bonchev–Trinajstić information content (AvgIpc) is 2.89. The molecule has 128 valence electrons. The van der Waals surface area contributed by atoms with E-state index in [0.29, 0.717) is 24.4 Å². The number of hydrogen-bond acceptors (Lipinski definition) is 5. The number of ether oxygens (including phenoxy) is 2. The lowest BCUT2D eigenvalue weighted by Crippen LogP contribution is -2.27. The van der Waals surface area contributed by atoms with Gasteiger partial charge in [0.05, 0.1) is 25.0 Å². The summed E-state index contributed by atoms with van der Waals surface area (Å²) in [4.78, 5) is 16.7. The van der Waals surface area contributed by atoms with E-state index in [1.165, 1.54) is 0 Å². The number of nitrogens with zero attached hydrogens (tertiary/aromatic N) is 3. The minimum absolute atomic E-state index is 0.0683. The first kappa shape index (κ1) is 16.4. The van der Waals surface area contributed by atoms with Gasteiger partial charge in [-0.25, -0.2) is 0 Å². The van der Waals surface area contributed by atoms with Crippen molar-refractivity contribution < 1.29 is 14.3 Å². The molecule has 2 aromatic rings. The monoisotopic (exact) mass is 330 g/mol. The van der Waals surface area contributed by atoms with Crippen LogP contribution < -0.4 is 10.1 Å². The summed E-state index contributed by atoms with van der Waals surface area (Å²) in [6, 6.07) is 1.77. The highest BCUT2D eigenvalue weighted by atomic mass is 16.5. The molecule has 0 spiro atoms. The van der Waals surface area contributed by atoms with Gasteiger partial charge in [0.2, 0.25) is 0 Å². The number of nitrogens with one attached hydrogen (secondary N) is 1. The van der Waals surface area contributed by atoms with Crippen molar-refractivity contribution in [3.05, 3.63) is 41.0 Å². The molecule has 3 rings (SSSR count). The molecule has 1 aliphatic heterocycles. The molecule has 0 aliphatic carbocycles. The van der Waals surface area contributed by atoms with E-state index in [0.717, 1.165) is 16.8 Å². The molecule has 0 aromatic carbocycles. The van der Waals surface area contributed by atoms with Crippen molar-refractivity contribution in [2.45, 2.75) is 39.0 Å². The van der Waals surface area contributed by atoms with Gasteiger partial charge in [-0.05, 0) is 19.9 Å². The van der Waals surface area contributed by atoms with Crippen LogP contribution in [-0.4, -0.2) is 33.9 Å². The Balaban J connectivity index is 1.80. The van der Waals surface area contributed by atoms with Gasteiger partial charge in [-0.3, -0.25) is 14.5 Å². The minimum atomic E-state index is -0.195. The van der Waals surface area contributed by atoms with Gasteiger partial charge in [-0.2, -0.15) is 5.10 Å². The number of amides is 1. The first-order valence-electron chi connectivity index (χ1n) is 7.97. The summed E-state index contributed by atoms with van der Waals surface area (Å²) in [5.74, 6) is 0.503. The van der Waals surface area contributed by atoms with Crippen molar-refractivity contribution >= 4 is 5.91 Å². The third-order valence-corrected chi connectivity index (χ3v) is 4.24. The maximum absolute atomic E-state index is 12.6. The molecule has 1 N–H and O–H groups in total. The van der Waals surface area contributed by atoms with Crippen LogP contribution in [0.5, 0.6) is 5.75 Å². The zero-order valence-corrected chi connectivity index (χ0v) is 14.4. The van der Waals surface area contributed by atoms with Crippen LogP contribution in [0.4, 0.5) is 0 Å². The number of aromatic nitrogens is 3. The highest BCUT2D eigenvalue weighted by Gasteiger charge is 2.31. The summed E-state index contributed by atoms with van der Waals surface area (Å²) in [7, 11) is 3.44. The van der Waals surface area contributed by atoms with Crippen LogP contribution in [0.1, 0.15) is 47.3 Å². The third-order valence-electron chi connectivity index (χ3n) is 4.24. The lowest BCUT2D eigenvalue weighted by Gasteiger charge is -2.26. The van der Waals surface area contributed by atoms with Crippen LogP contribution >= 0.6 is 0 Å². The molecule has 1 aliphatic rings. The lowest BCUT2D eigenvalue weighted by atomic mass is 9.99. The summed E-state index contributed by atoms with van der Waals surface area (Å²) in [5.41, 5.74) is 3.23. The van der Waals surface area contributed by atoms with Crippen molar-refractivity contribution in [3.8, 4) is 5.75 Å². The number of rotatable bonds is 4. The Morgan fingerprint density at radius 3 is 3.04 bits per heavy atom. The van der Waals surface area contributed by atoms with Gasteiger partial charge in [0.1, 0.15) is 5.75 Å². The summed E-state index contributed by atoms with van der Waals surface area (Å²) in [5, 5.41) is 7.32. The smallest absolute Gasteiger partial charge is 0.272 e. The fraction of sp³-hybridized carbons (Fsp3) is 0.471. The normalized spacial score (nSPS) is 19.7. The summed E-state index contributed by atoms with van der Waals surface area (Å²) < 4.78 is 12.8. The van der Waals surface area contributed by atoms with Crippen molar-refractivity contribution in [1.29, 1.82) is 0 Å². The highest BCUT2D eigenvalue weighted by Crippen LogP contribution is 2.31. The Bertz CT molecular complexity index is 756. The predicted molar refractivity (Wildman–Crippen MR) is 87.8 cm³/mol. The maximum atomic E-state index is 12.6.